The van der Waals surface area contributed by atoms with Crippen LogP contribution in [0.3, 0.4) is 0 Å². The predicted octanol–water partition coefficient (Wildman–Crippen LogP) is 4.52. The van der Waals surface area contributed by atoms with Gasteiger partial charge in [-0.3, -0.25) is 4.99 Å². The van der Waals surface area contributed by atoms with Crippen molar-refractivity contribution >= 4 is 29.9 Å². The molecule has 0 spiro atoms. The van der Waals surface area contributed by atoms with Crippen molar-refractivity contribution in [2.45, 2.75) is 39.5 Å². The largest absolute Gasteiger partial charge is 0.489 e. The monoisotopic (exact) mass is 551 g/mol. The smallest absolute Gasteiger partial charge is 0.191 e. The van der Waals surface area contributed by atoms with Crippen molar-refractivity contribution in [3.05, 3.63) is 83.7 Å². The van der Waals surface area contributed by atoms with Crippen LogP contribution in [-0.4, -0.2) is 35.2 Å². The summed E-state index contributed by atoms with van der Waals surface area (Å²) in [7, 11) is 1.74. The van der Waals surface area contributed by atoms with E-state index in [4.69, 9.17) is 4.74 Å². The topological polar surface area (TPSA) is 63.5 Å². The molecule has 3 aromatic rings. The first-order chi connectivity index (χ1) is 15.1. The Hall–Kier alpha value is -2.62. The second-order valence-electron chi connectivity index (χ2n) is 7.33. The number of rotatable bonds is 9. The highest BCUT2D eigenvalue weighted by molar-refractivity contribution is 14.0. The fourth-order valence-corrected chi connectivity index (χ4v) is 3.22. The second-order valence-corrected chi connectivity index (χ2v) is 7.33. The van der Waals surface area contributed by atoms with Gasteiger partial charge >= 0.3 is 0 Å². The van der Waals surface area contributed by atoms with Crippen molar-refractivity contribution in [1.82, 2.24) is 20.2 Å². The number of aliphatic imine (C=N–C) groups is 1. The number of benzene rings is 2. The first-order valence-corrected chi connectivity index (χ1v) is 10.5. The average molecular weight is 551 g/mol. The summed E-state index contributed by atoms with van der Waals surface area (Å²) in [4.78, 5) is 8.57. The van der Waals surface area contributed by atoms with Gasteiger partial charge in [0.2, 0.25) is 0 Å². The molecular weight excluding hydrogens is 520 g/mol. The van der Waals surface area contributed by atoms with Gasteiger partial charge in [0.05, 0.1) is 6.54 Å². The Morgan fingerprint density at radius 1 is 1.16 bits per heavy atom. The zero-order valence-corrected chi connectivity index (χ0v) is 21.0. The minimum Gasteiger partial charge on any atom is -0.489 e. The van der Waals surface area contributed by atoms with Crippen LogP contribution in [0.4, 0.5) is 4.39 Å². The molecule has 172 valence electrons. The highest BCUT2D eigenvalue weighted by atomic mass is 127. The van der Waals surface area contributed by atoms with E-state index in [1.165, 1.54) is 23.3 Å². The van der Waals surface area contributed by atoms with Crippen LogP contribution in [0, 0.1) is 12.7 Å². The van der Waals surface area contributed by atoms with E-state index in [2.05, 4.69) is 49.4 Å². The standard InChI is InChI=1S/C24H30FN5O.HI/c1-4-22(31-23-10-6-9-21(25)14-23)16-29-24(26-3)28-15-19-7-5-8-20(13-19)17-30-12-11-27-18(30)2;/h5-14,22H,4,15-17H2,1-3H3,(H2,26,28,29);1H. The summed E-state index contributed by atoms with van der Waals surface area (Å²) in [6, 6.07) is 14.7. The van der Waals surface area contributed by atoms with Gasteiger partial charge in [0.15, 0.2) is 5.96 Å². The minimum atomic E-state index is -0.303. The normalized spacial score (nSPS) is 12.1. The van der Waals surface area contributed by atoms with Gasteiger partial charge in [0, 0.05) is 38.6 Å². The first-order valence-electron chi connectivity index (χ1n) is 10.5. The molecule has 0 aliphatic heterocycles. The van der Waals surface area contributed by atoms with Crippen molar-refractivity contribution in [3.63, 3.8) is 0 Å². The van der Waals surface area contributed by atoms with E-state index in [1.54, 1.807) is 19.2 Å². The van der Waals surface area contributed by atoms with E-state index in [-0.39, 0.29) is 35.9 Å². The van der Waals surface area contributed by atoms with Crippen molar-refractivity contribution < 1.29 is 9.13 Å². The molecule has 1 unspecified atom stereocenters. The molecule has 2 N–H and O–H groups in total. The van der Waals surface area contributed by atoms with Crippen LogP contribution in [-0.2, 0) is 13.1 Å². The molecule has 0 radical (unpaired) electrons. The minimum absolute atomic E-state index is 0. The maximum Gasteiger partial charge on any atom is 0.191 e. The third kappa shape index (κ3) is 7.81. The molecule has 0 fully saturated rings. The Kier molecular flexibility index (Phi) is 10.5. The molecule has 2 aromatic carbocycles. The highest BCUT2D eigenvalue weighted by Crippen LogP contribution is 2.15. The molecular formula is C24H31FIN5O. The second kappa shape index (κ2) is 13.0. The molecule has 8 heteroatoms. The maximum atomic E-state index is 13.4. The third-order valence-electron chi connectivity index (χ3n) is 5.00. The number of hydrogen-bond acceptors (Lipinski definition) is 3. The fraction of sp³-hybridized carbons (Fsp3) is 0.333. The quantitative estimate of drug-likeness (QED) is 0.233. The molecule has 1 atom stereocenters. The molecule has 0 amide bonds. The summed E-state index contributed by atoms with van der Waals surface area (Å²) in [6.45, 7) is 6.05. The van der Waals surface area contributed by atoms with E-state index in [0.29, 0.717) is 24.8 Å². The first kappa shape index (κ1) is 25.6. The van der Waals surface area contributed by atoms with Crippen LogP contribution in [0.2, 0.25) is 0 Å². The number of guanidine groups is 1. The van der Waals surface area contributed by atoms with Gasteiger partial charge in [-0.15, -0.1) is 24.0 Å². The van der Waals surface area contributed by atoms with Crippen molar-refractivity contribution in [2.24, 2.45) is 4.99 Å². The van der Waals surface area contributed by atoms with Crippen LogP contribution in [0.1, 0.15) is 30.3 Å². The van der Waals surface area contributed by atoms with Crippen LogP contribution in [0.25, 0.3) is 0 Å². The summed E-state index contributed by atoms with van der Waals surface area (Å²) >= 11 is 0. The van der Waals surface area contributed by atoms with E-state index in [0.717, 1.165) is 18.8 Å². The number of ether oxygens (including phenoxy) is 1. The Labute approximate surface area is 206 Å². The van der Waals surface area contributed by atoms with Crippen molar-refractivity contribution in [1.29, 1.82) is 0 Å². The van der Waals surface area contributed by atoms with Crippen molar-refractivity contribution in [3.8, 4) is 5.75 Å². The van der Waals surface area contributed by atoms with Crippen LogP contribution in [0.15, 0.2) is 65.9 Å². The van der Waals surface area contributed by atoms with E-state index >= 15 is 0 Å². The lowest BCUT2D eigenvalue weighted by Gasteiger charge is -2.20. The van der Waals surface area contributed by atoms with Gasteiger partial charge in [0.25, 0.3) is 0 Å². The van der Waals surface area contributed by atoms with Crippen molar-refractivity contribution in [2.75, 3.05) is 13.6 Å². The molecule has 0 saturated heterocycles. The van der Waals surface area contributed by atoms with E-state index in [1.807, 2.05) is 26.2 Å². The summed E-state index contributed by atoms with van der Waals surface area (Å²) in [5.41, 5.74) is 2.39. The number of nitrogens with one attached hydrogen (secondary N) is 2. The average Bonchev–Trinajstić information content (AvgIpc) is 3.17. The summed E-state index contributed by atoms with van der Waals surface area (Å²) < 4.78 is 21.4. The van der Waals surface area contributed by atoms with E-state index < -0.39 is 0 Å². The number of nitrogens with zero attached hydrogens (tertiary/aromatic N) is 3. The van der Waals surface area contributed by atoms with Crippen LogP contribution >= 0.6 is 24.0 Å². The van der Waals surface area contributed by atoms with Gasteiger partial charge in [-0.1, -0.05) is 37.3 Å². The highest BCUT2D eigenvalue weighted by Gasteiger charge is 2.10. The molecule has 0 aliphatic carbocycles. The van der Waals surface area contributed by atoms with Gasteiger partial charge in [-0.05, 0) is 36.6 Å². The summed E-state index contributed by atoms with van der Waals surface area (Å²) in [5, 5.41) is 6.63. The SMILES string of the molecule is CCC(CNC(=NC)NCc1cccc(Cn2ccnc2C)c1)Oc1cccc(F)c1.I. The molecule has 0 bridgehead atoms. The lowest BCUT2D eigenvalue weighted by Crippen LogP contribution is -2.42. The molecule has 0 aliphatic rings. The fourth-order valence-electron chi connectivity index (χ4n) is 3.22. The van der Waals surface area contributed by atoms with Gasteiger partial charge < -0.3 is 19.9 Å². The molecule has 32 heavy (non-hydrogen) atoms. The predicted molar refractivity (Wildman–Crippen MR) is 137 cm³/mol. The number of aromatic nitrogens is 2. The molecule has 0 saturated carbocycles. The molecule has 1 heterocycles. The zero-order valence-electron chi connectivity index (χ0n) is 18.7. The zero-order chi connectivity index (χ0) is 22.1. The maximum absolute atomic E-state index is 13.4. The lowest BCUT2D eigenvalue weighted by molar-refractivity contribution is 0.199. The number of aryl methyl sites for hydroxylation is 1. The van der Waals surface area contributed by atoms with Crippen LogP contribution in [0.5, 0.6) is 5.75 Å². The van der Waals surface area contributed by atoms with Gasteiger partial charge in [-0.25, -0.2) is 9.37 Å². The third-order valence-corrected chi connectivity index (χ3v) is 5.00. The lowest BCUT2D eigenvalue weighted by atomic mass is 10.1. The number of imidazole rings is 1. The van der Waals surface area contributed by atoms with Gasteiger partial charge in [0.1, 0.15) is 23.5 Å². The molecule has 1 aromatic heterocycles. The Morgan fingerprint density at radius 2 is 1.94 bits per heavy atom. The van der Waals surface area contributed by atoms with Gasteiger partial charge in [-0.2, -0.15) is 0 Å². The van der Waals surface area contributed by atoms with E-state index in [9.17, 15) is 4.39 Å². The number of halogens is 2. The summed E-state index contributed by atoms with van der Waals surface area (Å²) in [5.74, 6) is 1.92. The van der Waals surface area contributed by atoms with Crippen LogP contribution < -0.4 is 15.4 Å². The Balaban J connectivity index is 0.00000363. The summed E-state index contributed by atoms with van der Waals surface area (Å²) in [6.07, 6.45) is 4.50. The number of hydrogen-bond donors (Lipinski definition) is 2. The Bertz CT molecular complexity index is 1010. The molecule has 6 nitrogen and oxygen atoms in total. The Morgan fingerprint density at radius 3 is 2.62 bits per heavy atom. The molecule has 3 rings (SSSR count).